The SMILES string of the molecule is CCC(O)N(CC1COC2(CCC(C(C)(C)C)CC2)O1)C(C)=O. The molecule has 1 saturated carbocycles. The van der Waals surface area contributed by atoms with Crippen LogP contribution in [-0.2, 0) is 14.3 Å². The van der Waals surface area contributed by atoms with E-state index in [1.165, 1.54) is 11.8 Å². The van der Waals surface area contributed by atoms with Crippen LogP contribution in [0.15, 0.2) is 0 Å². The van der Waals surface area contributed by atoms with Gasteiger partial charge in [0.1, 0.15) is 12.3 Å². The van der Waals surface area contributed by atoms with Crippen molar-refractivity contribution in [2.45, 2.75) is 84.8 Å². The molecule has 1 heterocycles. The van der Waals surface area contributed by atoms with Crippen molar-refractivity contribution in [1.82, 2.24) is 4.90 Å². The second-order valence-electron chi connectivity index (χ2n) is 8.16. The van der Waals surface area contributed by atoms with Gasteiger partial charge in [-0.2, -0.15) is 0 Å². The number of hydrogen-bond acceptors (Lipinski definition) is 4. The Morgan fingerprint density at radius 3 is 2.43 bits per heavy atom. The molecule has 0 bridgehead atoms. The van der Waals surface area contributed by atoms with Crippen molar-refractivity contribution in [1.29, 1.82) is 0 Å². The van der Waals surface area contributed by atoms with E-state index >= 15 is 0 Å². The number of rotatable bonds is 4. The van der Waals surface area contributed by atoms with Crippen LogP contribution in [0.4, 0.5) is 0 Å². The molecule has 5 heteroatoms. The van der Waals surface area contributed by atoms with Crippen LogP contribution < -0.4 is 0 Å². The van der Waals surface area contributed by atoms with E-state index in [2.05, 4.69) is 20.8 Å². The molecule has 0 aromatic carbocycles. The maximum absolute atomic E-state index is 11.7. The van der Waals surface area contributed by atoms with Gasteiger partial charge in [0.05, 0.1) is 13.2 Å². The zero-order chi connectivity index (χ0) is 17.3. The van der Waals surface area contributed by atoms with Gasteiger partial charge in [0.2, 0.25) is 5.91 Å². The third-order valence-corrected chi connectivity index (χ3v) is 5.42. The van der Waals surface area contributed by atoms with Gasteiger partial charge in [-0.05, 0) is 30.6 Å². The normalized spacial score (nSPS) is 33.0. The molecule has 1 saturated heterocycles. The molecule has 2 unspecified atom stereocenters. The smallest absolute Gasteiger partial charge is 0.221 e. The number of carbonyl (C=O) groups excluding carboxylic acids is 1. The van der Waals surface area contributed by atoms with Crippen LogP contribution in [0.2, 0.25) is 0 Å². The van der Waals surface area contributed by atoms with Gasteiger partial charge < -0.3 is 19.5 Å². The van der Waals surface area contributed by atoms with Crippen LogP contribution in [0.3, 0.4) is 0 Å². The van der Waals surface area contributed by atoms with Gasteiger partial charge >= 0.3 is 0 Å². The molecule has 1 amide bonds. The lowest BCUT2D eigenvalue weighted by Gasteiger charge is -2.41. The predicted molar refractivity (Wildman–Crippen MR) is 88.7 cm³/mol. The maximum Gasteiger partial charge on any atom is 0.221 e. The van der Waals surface area contributed by atoms with E-state index in [4.69, 9.17) is 9.47 Å². The lowest BCUT2D eigenvalue weighted by Crippen LogP contribution is -2.45. The molecule has 2 rings (SSSR count). The van der Waals surface area contributed by atoms with Crippen molar-refractivity contribution in [3.05, 3.63) is 0 Å². The molecule has 23 heavy (non-hydrogen) atoms. The Hall–Kier alpha value is -0.650. The first-order valence-corrected chi connectivity index (χ1v) is 8.94. The summed E-state index contributed by atoms with van der Waals surface area (Å²) in [7, 11) is 0. The number of carbonyl (C=O) groups is 1. The average molecular weight is 327 g/mol. The van der Waals surface area contributed by atoms with Crippen molar-refractivity contribution in [2.24, 2.45) is 11.3 Å². The summed E-state index contributed by atoms with van der Waals surface area (Å²) in [6.07, 6.45) is 3.69. The van der Waals surface area contributed by atoms with Gasteiger partial charge in [-0.3, -0.25) is 4.79 Å². The minimum atomic E-state index is -0.746. The van der Waals surface area contributed by atoms with Crippen molar-refractivity contribution >= 4 is 5.91 Å². The molecule has 1 aliphatic carbocycles. The summed E-state index contributed by atoms with van der Waals surface area (Å²) in [6.45, 7) is 11.1. The van der Waals surface area contributed by atoms with Crippen LogP contribution in [0.5, 0.6) is 0 Å². The van der Waals surface area contributed by atoms with Gasteiger partial charge in [-0.25, -0.2) is 0 Å². The first kappa shape index (κ1) is 18.7. The fraction of sp³-hybridized carbons (Fsp3) is 0.944. The highest BCUT2D eigenvalue weighted by molar-refractivity contribution is 5.73. The summed E-state index contributed by atoms with van der Waals surface area (Å²) in [6, 6.07) is 0. The van der Waals surface area contributed by atoms with Crippen LogP contribution in [0.1, 0.15) is 66.7 Å². The molecule has 1 spiro atoms. The van der Waals surface area contributed by atoms with Crippen LogP contribution in [-0.4, -0.2) is 47.2 Å². The Labute approximate surface area is 140 Å². The van der Waals surface area contributed by atoms with Gasteiger partial charge in [0, 0.05) is 19.8 Å². The Kier molecular flexibility index (Phi) is 5.75. The number of hydrogen-bond donors (Lipinski definition) is 1. The maximum atomic E-state index is 11.7. The summed E-state index contributed by atoms with van der Waals surface area (Å²) < 4.78 is 12.2. The van der Waals surface area contributed by atoms with Gasteiger partial charge in [-0.1, -0.05) is 27.7 Å². The Morgan fingerprint density at radius 1 is 1.35 bits per heavy atom. The third-order valence-electron chi connectivity index (χ3n) is 5.42. The molecule has 0 aromatic rings. The first-order valence-electron chi connectivity index (χ1n) is 8.94. The van der Waals surface area contributed by atoms with Crippen molar-refractivity contribution < 1.29 is 19.4 Å². The van der Waals surface area contributed by atoms with E-state index in [-0.39, 0.29) is 12.0 Å². The van der Waals surface area contributed by atoms with Crippen LogP contribution in [0, 0.1) is 11.3 Å². The van der Waals surface area contributed by atoms with Crippen molar-refractivity contribution in [2.75, 3.05) is 13.2 Å². The highest BCUT2D eigenvalue weighted by Crippen LogP contribution is 2.45. The zero-order valence-corrected chi connectivity index (χ0v) is 15.3. The van der Waals surface area contributed by atoms with Gasteiger partial charge in [-0.15, -0.1) is 0 Å². The molecule has 0 aromatic heterocycles. The molecule has 0 radical (unpaired) electrons. The summed E-state index contributed by atoms with van der Waals surface area (Å²) in [4.78, 5) is 13.2. The topological polar surface area (TPSA) is 59.0 Å². The molecule has 2 atom stereocenters. The fourth-order valence-corrected chi connectivity index (χ4v) is 3.79. The number of aliphatic hydroxyl groups is 1. The molecule has 5 nitrogen and oxygen atoms in total. The lowest BCUT2D eigenvalue weighted by atomic mass is 9.71. The quantitative estimate of drug-likeness (QED) is 0.807. The van der Waals surface area contributed by atoms with Crippen LogP contribution in [0.25, 0.3) is 0 Å². The standard InChI is InChI=1S/C18H33NO4/c1-6-16(21)19(13(2)20)11-15-12-22-18(23-15)9-7-14(8-10-18)17(3,4)5/h14-16,21H,6-12H2,1-5H3. The Bertz CT molecular complexity index is 410. The lowest BCUT2D eigenvalue weighted by molar-refractivity contribution is -0.199. The number of aliphatic hydroxyl groups excluding tert-OH is 1. The molecule has 134 valence electrons. The zero-order valence-electron chi connectivity index (χ0n) is 15.3. The van der Waals surface area contributed by atoms with E-state index in [1.807, 2.05) is 6.92 Å². The molecule has 2 aliphatic rings. The second kappa shape index (κ2) is 7.08. The largest absolute Gasteiger partial charge is 0.374 e. The molecule has 1 N–H and O–H groups in total. The number of ether oxygens (including phenoxy) is 2. The van der Waals surface area contributed by atoms with Crippen LogP contribution >= 0.6 is 0 Å². The van der Waals surface area contributed by atoms with Crippen molar-refractivity contribution in [3.8, 4) is 0 Å². The summed E-state index contributed by atoms with van der Waals surface area (Å²) in [5.41, 5.74) is 0.330. The summed E-state index contributed by atoms with van der Waals surface area (Å²) >= 11 is 0. The van der Waals surface area contributed by atoms with Gasteiger partial charge in [0.15, 0.2) is 5.79 Å². The molecular weight excluding hydrogens is 294 g/mol. The molecule has 1 aliphatic heterocycles. The minimum absolute atomic E-state index is 0.125. The Morgan fingerprint density at radius 2 is 1.96 bits per heavy atom. The van der Waals surface area contributed by atoms with E-state index in [9.17, 15) is 9.90 Å². The van der Waals surface area contributed by atoms with Crippen molar-refractivity contribution in [3.63, 3.8) is 0 Å². The second-order valence-corrected chi connectivity index (χ2v) is 8.16. The molecule has 2 fully saturated rings. The minimum Gasteiger partial charge on any atom is -0.374 e. The van der Waals surface area contributed by atoms with Gasteiger partial charge in [0.25, 0.3) is 0 Å². The van der Waals surface area contributed by atoms with E-state index in [1.54, 1.807) is 0 Å². The number of amides is 1. The highest BCUT2D eigenvalue weighted by atomic mass is 16.7. The first-order chi connectivity index (χ1) is 10.7. The predicted octanol–water partition coefficient (Wildman–Crippen LogP) is 2.91. The Balaban J connectivity index is 1.90. The molecular formula is C18H33NO4. The van der Waals surface area contributed by atoms with E-state index in [0.29, 0.717) is 30.9 Å². The number of nitrogens with zero attached hydrogens (tertiary/aromatic N) is 1. The summed E-state index contributed by atoms with van der Waals surface area (Å²) in [5.74, 6) is 0.113. The monoisotopic (exact) mass is 327 g/mol. The van der Waals surface area contributed by atoms with E-state index in [0.717, 1.165) is 25.7 Å². The van der Waals surface area contributed by atoms with E-state index < -0.39 is 12.0 Å². The average Bonchev–Trinajstić information content (AvgIpc) is 2.86. The fourth-order valence-electron chi connectivity index (χ4n) is 3.79. The highest BCUT2D eigenvalue weighted by Gasteiger charge is 2.46. The summed E-state index contributed by atoms with van der Waals surface area (Å²) in [5, 5.41) is 9.98. The third kappa shape index (κ3) is 4.46.